The van der Waals surface area contributed by atoms with Crippen LogP contribution in [0.3, 0.4) is 0 Å². The Labute approximate surface area is 153 Å². The van der Waals surface area contributed by atoms with E-state index in [9.17, 15) is 9.59 Å². The molecule has 0 radical (unpaired) electrons. The van der Waals surface area contributed by atoms with E-state index < -0.39 is 0 Å². The van der Waals surface area contributed by atoms with Crippen LogP contribution >= 0.6 is 0 Å². The van der Waals surface area contributed by atoms with Crippen LogP contribution in [0.5, 0.6) is 0 Å². The van der Waals surface area contributed by atoms with E-state index in [1.807, 2.05) is 11.8 Å². The molecule has 6 nitrogen and oxygen atoms in total. The highest BCUT2D eigenvalue weighted by molar-refractivity contribution is 6.12. The minimum Gasteiger partial charge on any atom is -0.381 e. The van der Waals surface area contributed by atoms with Crippen molar-refractivity contribution in [1.82, 2.24) is 4.90 Å². The van der Waals surface area contributed by atoms with E-state index in [0.29, 0.717) is 29.5 Å². The Morgan fingerprint density at radius 2 is 1.96 bits per heavy atom. The van der Waals surface area contributed by atoms with Crippen molar-refractivity contribution in [2.75, 3.05) is 25.2 Å². The summed E-state index contributed by atoms with van der Waals surface area (Å²) in [7, 11) is 1.78. The first-order valence-corrected chi connectivity index (χ1v) is 9.36. The van der Waals surface area contributed by atoms with Crippen LogP contribution in [-0.2, 0) is 9.53 Å². The number of rotatable bonds is 3. The molecule has 1 aromatic rings. The number of nitrogens with zero attached hydrogens (tertiary/aromatic N) is 3. The molecule has 0 aromatic heterocycles. The van der Waals surface area contributed by atoms with E-state index in [1.54, 1.807) is 31.4 Å². The number of amides is 2. The summed E-state index contributed by atoms with van der Waals surface area (Å²) in [5.41, 5.74) is 2.18. The summed E-state index contributed by atoms with van der Waals surface area (Å²) < 4.78 is 5.64. The van der Waals surface area contributed by atoms with Crippen LogP contribution in [0.4, 0.5) is 5.69 Å². The number of likely N-dealkylation sites (tertiary alicyclic amines) is 1. The normalized spacial score (nSPS) is 28.3. The minimum atomic E-state index is -0.0317. The van der Waals surface area contributed by atoms with Gasteiger partial charge in [-0.3, -0.25) is 9.59 Å². The summed E-state index contributed by atoms with van der Waals surface area (Å²) in [6, 6.07) is 7.19. The second kappa shape index (κ2) is 6.83. The van der Waals surface area contributed by atoms with Crippen LogP contribution in [0.15, 0.2) is 29.4 Å². The Kier molecular flexibility index (Phi) is 4.53. The Balaban J connectivity index is 1.46. The highest BCUT2D eigenvalue weighted by Crippen LogP contribution is 2.38. The van der Waals surface area contributed by atoms with Crippen molar-refractivity contribution in [2.45, 2.75) is 38.7 Å². The van der Waals surface area contributed by atoms with E-state index in [-0.39, 0.29) is 17.9 Å². The van der Waals surface area contributed by atoms with Gasteiger partial charge in [-0.15, -0.1) is 0 Å². The van der Waals surface area contributed by atoms with Gasteiger partial charge in [0.1, 0.15) is 0 Å². The maximum atomic E-state index is 12.9. The van der Waals surface area contributed by atoms with Gasteiger partial charge in [0, 0.05) is 37.4 Å². The number of carbonyl (C=O) groups is 2. The fourth-order valence-electron chi connectivity index (χ4n) is 4.56. The zero-order valence-electron chi connectivity index (χ0n) is 15.4. The summed E-state index contributed by atoms with van der Waals surface area (Å²) in [5, 5.41) is 5.66. The van der Waals surface area contributed by atoms with Gasteiger partial charge in [0.15, 0.2) is 0 Å². The molecule has 0 bridgehead atoms. The van der Waals surface area contributed by atoms with Crippen molar-refractivity contribution < 1.29 is 14.3 Å². The van der Waals surface area contributed by atoms with Gasteiger partial charge in [-0.2, -0.15) is 5.10 Å². The number of carbonyl (C=O) groups excluding carboxylic acids is 2. The van der Waals surface area contributed by atoms with E-state index in [4.69, 9.17) is 4.74 Å². The first kappa shape index (κ1) is 17.2. The van der Waals surface area contributed by atoms with Gasteiger partial charge in [-0.05, 0) is 49.9 Å². The lowest BCUT2D eigenvalue weighted by molar-refractivity contribution is -0.116. The lowest BCUT2D eigenvalue weighted by Crippen LogP contribution is -2.33. The Hall–Kier alpha value is -2.21. The number of methoxy groups -OCH3 is 1. The average Bonchev–Trinajstić information content (AvgIpc) is 3.23. The molecule has 3 aliphatic rings. The molecule has 138 valence electrons. The monoisotopic (exact) mass is 355 g/mol. The second-order valence-corrected chi connectivity index (χ2v) is 7.60. The lowest BCUT2D eigenvalue weighted by Gasteiger charge is -2.31. The fraction of sp³-hybridized carbons (Fsp3) is 0.550. The molecule has 3 atom stereocenters. The first-order valence-electron chi connectivity index (χ1n) is 9.36. The molecule has 2 amide bonds. The van der Waals surface area contributed by atoms with Crippen molar-refractivity contribution in [3.8, 4) is 0 Å². The zero-order valence-corrected chi connectivity index (χ0v) is 15.4. The number of hydrazone groups is 1. The number of hydrogen-bond acceptors (Lipinski definition) is 4. The van der Waals surface area contributed by atoms with Crippen LogP contribution in [0.25, 0.3) is 0 Å². The van der Waals surface area contributed by atoms with Gasteiger partial charge in [0.05, 0.1) is 18.2 Å². The standard InChI is InChI=1S/C20H25N3O3/c1-13-10-19(24)23(21-13)16-8-6-14(7-9-16)20(25)22-11-15-4-3-5-18(26-2)17(15)12-22/h6-9,15,17-18H,3-5,10-12H2,1-2H3/t15-,17+,18-/m1/s1. The summed E-state index contributed by atoms with van der Waals surface area (Å²) in [4.78, 5) is 26.8. The molecule has 1 aliphatic carbocycles. The van der Waals surface area contributed by atoms with Gasteiger partial charge in [-0.1, -0.05) is 6.42 Å². The van der Waals surface area contributed by atoms with Crippen LogP contribution in [0.2, 0.25) is 0 Å². The molecule has 2 fully saturated rings. The molecular formula is C20H25N3O3. The Morgan fingerprint density at radius 3 is 2.62 bits per heavy atom. The third kappa shape index (κ3) is 3.03. The third-order valence-corrected chi connectivity index (χ3v) is 5.90. The molecular weight excluding hydrogens is 330 g/mol. The molecule has 0 spiro atoms. The molecule has 4 rings (SSSR count). The van der Waals surface area contributed by atoms with Crippen LogP contribution < -0.4 is 5.01 Å². The number of fused-ring (bicyclic) bond motifs is 1. The van der Waals surface area contributed by atoms with Gasteiger partial charge in [0.25, 0.3) is 11.8 Å². The molecule has 26 heavy (non-hydrogen) atoms. The first-order chi connectivity index (χ1) is 12.6. The maximum Gasteiger partial charge on any atom is 0.253 e. The summed E-state index contributed by atoms with van der Waals surface area (Å²) in [6.07, 6.45) is 4.09. The zero-order chi connectivity index (χ0) is 18.3. The van der Waals surface area contributed by atoms with Crippen LogP contribution in [0, 0.1) is 11.8 Å². The van der Waals surface area contributed by atoms with E-state index in [1.165, 1.54) is 17.9 Å². The number of hydrogen-bond donors (Lipinski definition) is 0. The van der Waals surface area contributed by atoms with Crippen LogP contribution in [-0.4, -0.2) is 48.7 Å². The fourth-order valence-corrected chi connectivity index (χ4v) is 4.56. The van der Waals surface area contributed by atoms with Crippen LogP contribution in [0.1, 0.15) is 43.0 Å². The van der Waals surface area contributed by atoms with E-state index in [2.05, 4.69) is 5.10 Å². The summed E-state index contributed by atoms with van der Waals surface area (Å²) in [5.74, 6) is 1.04. The lowest BCUT2D eigenvalue weighted by atomic mass is 9.79. The van der Waals surface area contributed by atoms with Gasteiger partial charge < -0.3 is 9.64 Å². The smallest absolute Gasteiger partial charge is 0.253 e. The summed E-state index contributed by atoms with van der Waals surface area (Å²) in [6.45, 7) is 3.44. The molecule has 1 saturated heterocycles. The highest BCUT2D eigenvalue weighted by Gasteiger charge is 2.42. The molecule has 2 aliphatic heterocycles. The second-order valence-electron chi connectivity index (χ2n) is 7.60. The third-order valence-electron chi connectivity index (χ3n) is 5.90. The van der Waals surface area contributed by atoms with Gasteiger partial charge in [0.2, 0.25) is 0 Å². The SMILES string of the molecule is CO[C@@H]1CCC[C@@H]2CN(C(=O)c3ccc(N4N=C(C)CC4=O)cc3)C[C@@H]21. The predicted octanol–water partition coefficient (Wildman–Crippen LogP) is 2.69. The quantitative estimate of drug-likeness (QED) is 0.837. The summed E-state index contributed by atoms with van der Waals surface area (Å²) >= 11 is 0. The topological polar surface area (TPSA) is 62.2 Å². The molecule has 1 saturated carbocycles. The molecule has 1 aromatic carbocycles. The maximum absolute atomic E-state index is 12.9. The molecule has 0 unspecified atom stereocenters. The van der Waals surface area contributed by atoms with Gasteiger partial charge in [-0.25, -0.2) is 5.01 Å². The molecule has 2 heterocycles. The average molecular weight is 355 g/mol. The number of ether oxygens (including phenoxy) is 1. The largest absolute Gasteiger partial charge is 0.381 e. The van der Waals surface area contributed by atoms with E-state index in [0.717, 1.165) is 25.2 Å². The number of anilines is 1. The Bertz CT molecular complexity index is 743. The van der Waals surface area contributed by atoms with Crippen molar-refractivity contribution in [3.63, 3.8) is 0 Å². The highest BCUT2D eigenvalue weighted by atomic mass is 16.5. The van der Waals surface area contributed by atoms with Gasteiger partial charge >= 0.3 is 0 Å². The molecule has 0 N–H and O–H groups in total. The number of benzene rings is 1. The Morgan fingerprint density at radius 1 is 1.19 bits per heavy atom. The minimum absolute atomic E-state index is 0.0317. The van der Waals surface area contributed by atoms with Crippen molar-refractivity contribution in [1.29, 1.82) is 0 Å². The van der Waals surface area contributed by atoms with Crippen molar-refractivity contribution in [3.05, 3.63) is 29.8 Å². The van der Waals surface area contributed by atoms with Crippen molar-refractivity contribution in [2.24, 2.45) is 16.9 Å². The van der Waals surface area contributed by atoms with Crippen molar-refractivity contribution >= 4 is 23.2 Å². The molecule has 6 heteroatoms. The van der Waals surface area contributed by atoms with E-state index >= 15 is 0 Å². The predicted molar refractivity (Wildman–Crippen MR) is 99.2 cm³/mol.